The molecule has 0 aromatic rings. The van der Waals surface area contributed by atoms with Gasteiger partial charge in [0.1, 0.15) is 0 Å². The van der Waals surface area contributed by atoms with Crippen LogP contribution in [0.2, 0.25) is 0 Å². The number of hydrogen-bond donors (Lipinski definition) is 1. The highest BCUT2D eigenvalue weighted by molar-refractivity contribution is 5.69. The molecule has 0 aromatic heterocycles. The molecule has 0 saturated heterocycles. The fourth-order valence-corrected chi connectivity index (χ4v) is 0.727. The largest absolute Gasteiger partial charge is 0.469 e. The summed E-state index contributed by atoms with van der Waals surface area (Å²) in [6, 6.07) is 0. The Labute approximate surface area is 67.4 Å². The molecule has 0 aromatic carbocycles. The molecule has 0 aliphatic rings. The van der Waals surface area contributed by atoms with E-state index in [4.69, 9.17) is 0 Å². The lowest BCUT2D eigenvalue weighted by Crippen LogP contribution is -2.21. The van der Waals surface area contributed by atoms with Crippen molar-refractivity contribution >= 4 is 5.97 Å². The van der Waals surface area contributed by atoms with Crippen LogP contribution in [0.5, 0.6) is 0 Å². The zero-order valence-electron chi connectivity index (χ0n) is 7.33. The molecule has 0 fully saturated rings. The van der Waals surface area contributed by atoms with Crippen LogP contribution < -0.4 is 0 Å². The van der Waals surface area contributed by atoms with Crippen molar-refractivity contribution in [1.82, 2.24) is 0 Å². The fourth-order valence-electron chi connectivity index (χ4n) is 0.727. The summed E-state index contributed by atoms with van der Waals surface area (Å²) in [5, 5.41) is 9.32. The number of carbonyl (C=O) groups excluding carboxylic acids is 1. The Morgan fingerprint density at radius 2 is 2.18 bits per heavy atom. The summed E-state index contributed by atoms with van der Waals surface area (Å²) in [7, 11) is 1.33. The highest BCUT2D eigenvalue weighted by atomic mass is 16.5. The molecule has 3 heteroatoms. The van der Waals surface area contributed by atoms with Crippen LogP contribution in [0.1, 0.15) is 26.7 Å². The molecule has 0 bridgehead atoms. The van der Waals surface area contributed by atoms with E-state index in [0.29, 0.717) is 0 Å². The number of carbonyl (C=O) groups is 1. The molecule has 0 aliphatic carbocycles. The molecule has 0 rings (SSSR count). The van der Waals surface area contributed by atoms with Gasteiger partial charge in [0.2, 0.25) is 0 Å². The molecular formula is C8H16O3. The van der Waals surface area contributed by atoms with Crippen LogP contribution in [0, 0.1) is 5.92 Å². The van der Waals surface area contributed by atoms with Gasteiger partial charge >= 0.3 is 5.97 Å². The van der Waals surface area contributed by atoms with E-state index in [2.05, 4.69) is 4.74 Å². The van der Waals surface area contributed by atoms with Gasteiger partial charge in [-0.15, -0.1) is 0 Å². The second kappa shape index (κ2) is 5.13. The summed E-state index contributed by atoms with van der Waals surface area (Å²) in [4.78, 5) is 10.7. The Balaban J connectivity index is 3.67. The minimum Gasteiger partial charge on any atom is -0.469 e. The van der Waals surface area contributed by atoms with Crippen LogP contribution in [0.3, 0.4) is 0 Å². The topological polar surface area (TPSA) is 46.5 Å². The van der Waals surface area contributed by atoms with E-state index in [1.807, 2.05) is 13.8 Å². The second-order valence-corrected chi connectivity index (χ2v) is 2.73. The first-order chi connectivity index (χ1) is 5.11. The maximum Gasteiger partial charge on any atom is 0.308 e. The smallest absolute Gasteiger partial charge is 0.308 e. The first-order valence-electron chi connectivity index (χ1n) is 3.86. The van der Waals surface area contributed by atoms with Gasteiger partial charge < -0.3 is 9.84 Å². The van der Waals surface area contributed by atoms with Gasteiger partial charge in [-0.05, 0) is 5.92 Å². The van der Waals surface area contributed by atoms with Crippen molar-refractivity contribution in [3.63, 3.8) is 0 Å². The second-order valence-electron chi connectivity index (χ2n) is 2.73. The van der Waals surface area contributed by atoms with E-state index in [-0.39, 0.29) is 18.3 Å². The number of hydrogen-bond acceptors (Lipinski definition) is 3. The third kappa shape index (κ3) is 3.98. The zero-order valence-corrected chi connectivity index (χ0v) is 7.33. The molecule has 1 N–H and O–H groups in total. The molecule has 66 valence electrons. The van der Waals surface area contributed by atoms with Gasteiger partial charge in [-0.25, -0.2) is 0 Å². The van der Waals surface area contributed by atoms with Crippen LogP contribution >= 0.6 is 0 Å². The van der Waals surface area contributed by atoms with E-state index >= 15 is 0 Å². The standard InChI is InChI=1S/C8H16O3/c1-4-6(2)7(9)5-8(10)11-3/h6-7,9H,4-5H2,1-3H3/t6?,7-/m1/s1. The number of methoxy groups -OCH3 is 1. The number of ether oxygens (including phenoxy) is 1. The monoisotopic (exact) mass is 160 g/mol. The minimum absolute atomic E-state index is 0.103. The molecule has 0 aliphatic heterocycles. The van der Waals surface area contributed by atoms with E-state index < -0.39 is 6.10 Å². The predicted molar refractivity (Wildman–Crippen MR) is 42.1 cm³/mol. The lowest BCUT2D eigenvalue weighted by Gasteiger charge is -2.14. The molecule has 1 unspecified atom stereocenters. The average Bonchev–Trinajstić information content (AvgIpc) is 2.02. The molecule has 0 heterocycles. The van der Waals surface area contributed by atoms with Gasteiger partial charge in [0.15, 0.2) is 0 Å². The quantitative estimate of drug-likeness (QED) is 0.623. The van der Waals surface area contributed by atoms with Crippen molar-refractivity contribution in [2.45, 2.75) is 32.8 Å². The van der Waals surface area contributed by atoms with Gasteiger partial charge in [0.25, 0.3) is 0 Å². The lowest BCUT2D eigenvalue weighted by molar-refractivity contribution is -0.143. The number of aliphatic hydroxyl groups is 1. The van der Waals surface area contributed by atoms with Gasteiger partial charge in [0, 0.05) is 0 Å². The summed E-state index contributed by atoms with van der Waals surface area (Å²) < 4.78 is 4.42. The van der Waals surface area contributed by atoms with Crippen molar-refractivity contribution in [1.29, 1.82) is 0 Å². The molecule has 0 amide bonds. The SMILES string of the molecule is CCC(C)[C@H](O)CC(=O)OC. The zero-order chi connectivity index (χ0) is 8.85. The maximum absolute atomic E-state index is 10.7. The average molecular weight is 160 g/mol. The van der Waals surface area contributed by atoms with Crippen LogP contribution in [0.15, 0.2) is 0 Å². The van der Waals surface area contributed by atoms with Gasteiger partial charge in [0.05, 0.1) is 19.6 Å². The van der Waals surface area contributed by atoms with Crippen molar-refractivity contribution in [3.8, 4) is 0 Å². The Morgan fingerprint density at radius 3 is 2.55 bits per heavy atom. The van der Waals surface area contributed by atoms with E-state index in [1.165, 1.54) is 7.11 Å². The minimum atomic E-state index is -0.563. The summed E-state index contributed by atoms with van der Waals surface area (Å²) in [6.45, 7) is 3.89. The highest BCUT2D eigenvalue weighted by Gasteiger charge is 2.16. The first kappa shape index (κ1) is 10.4. The molecule has 3 nitrogen and oxygen atoms in total. The molecule has 0 radical (unpaired) electrons. The molecule has 2 atom stereocenters. The summed E-state index contributed by atoms with van der Waals surface area (Å²) in [5.74, 6) is -0.188. The number of rotatable bonds is 4. The Morgan fingerprint density at radius 1 is 1.64 bits per heavy atom. The highest BCUT2D eigenvalue weighted by Crippen LogP contribution is 2.10. The van der Waals surface area contributed by atoms with Crippen LogP contribution in [0.4, 0.5) is 0 Å². The van der Waals surface area contributed by atoms with Crippen molar-refractivity contribution in [2.75, 3.05) is 7.11 Å². The predicted octanol–water partition coefficient (Wildman–Crippen LogP) is 0.956. The van der Waals surface area contributed by atoms with Gasteiger partial charge in [-0.2, -0.15) is 0 Å². The van der Waals surface area contributed by atoms with E-state index in [0.717, 1.165) is 6.42 Å². The normalized spacial score (nSPS) is 15.6. The maximum atomic E-state index is 10.7. The number of aliphatic hydroxyl groups excluding tert-OH is 1. The molecule has 0 spiro atoms. The van der Waals surface area contributed by atoms with Crippen molar-refractivity contribution in [3.05, 3.63) is 0 Å². The summed E-state index contributed by atoms with van der Waals surface area (Å²) in [5.41, 5.74) is 0. The van der Waals surface area contributed by atoms with Crippen molar-refractivity contribution in [2.24, 2.45) is 5.92 Å². The number of esters is 1. The third-order valence-corrected chi connectivity index (χ3v) is 1.90. The molecule has 0 saturated carbocycles. The lowest BCUT2D eigenvalue weighted by atomic mass is 10.00. The Hall–Kier alpha value is -0.570. The van der Waals surface area contributed by atoms with Crippen molar-refractivity contribution < 1.29 is 14.6 Å². The Kier molecular flexibility index (Phi) is 4.86. The first-order valence-corrected chi connectivity index (χ1v) is 3.86. The van der Waals surface area contributed by atoms with Gasteiger partial charge in [-0.3, -0.25) is 4.79 Å². The third-order valence-electron chi connectivity index (χ3n) is 1.90. The fraction of sp³-hybridized carbons (Fsp3) is 0.875. The van der Waals surface area contributed by atoms with E-state index in [1.54, 1.807) is 0 Å². The van der Waals surface area contributed by atoms with E-state index in [9.17, 15) is 9.90 Å². The molecule has 11 heavy (non-hydrogen) atoms. The summed E-state index contributed by atoms with van der Waals surface area (Å²) >= 11 is 0. The Bertz CT molecular complexity index is 123. The van der Waals surface area contributed by atoms with Gasteiger partial charge in [-0.1, -0.05) is 20.3 Å². The van der Waals surface area contributed by atoms with Crippen LogP contribution in [-0.4, -0.2) is 24.3 Å². The van der Waals surface area contributed by atoms with Crippen LogP contribution in [-0.2, 0) is 9.53 Å². The summed E-state index contributed by atoms with van der Waals surface area (Å²) in [6.07, 6.45) is 0.413. The van der Waals surface area contributed by atoms with Crippen LogP contribution in [0.25, 0.3) is 0 Å². The molecular weight excluding hydrogens is 144 g/mol.